The standard InChI is InChI=1S/C10H18FNO4/c1-7(2)12-3-9(11)16-5-8(12)4-15-6-10(13)14/h7-9H,3-6H2,1-2H3,(H,13,14). The molecule has 2 unspecified atom stereocenters. The first-order valence-corrected chi connectivity index (χ1v) is 5.31. The van der Waals surface area contributed by atoms with Crippen LogP contribution in [-0.4, -0.2) is 60.8 Å². The Kier molecular flexibility index (Phi) is 5.11. The van der Waals surface area contributed by atoms with E-state index in [-0.39, 0.29) is 38.4 Å². The molecule has 6 heteroatoms. The number of halogens is 1. The van der Waals surface area contributed by atoms with Crippen LogP contribution >= 0.6 is 0 Å². The highest BCUT2D eigenvalue weighted by molar-refractivity contribution is 5.67. The van der Waals surface area contributed by atoms with Crippen LogP contribution in [0.2, 0.25) is 0 Å². The molecule has 0 aliphatic carbocycles. The van der Waals surface area contributed by atoms with Gasteiger partial charge >= 0.3 is 5.97 Å². The van der Waals surface area contributed by atoms with Crippen LogP contribution in [0.25, 0.3) is 0 Å². The average molecular weight is 235 g/mol. The van der Waals surface area contributed by atoms with Crippen molar-refractivity contribution in [1.29, 1.82) is 0 Å². The molecule has 1 N–H and O–H groups in total. The molecular weight excluding hydrogens is 217 g/mol. The summed E-state index contributed by atoms with van der Waals surface area (Å²) in [7, 11) is 0. The summed E-state index contributed by atoms with van der Waals surface area (Å²) in [6.45, 7) is 4.28. The average Bonchev–Trinajstić information content (AvgIpc) is 2.19. The second kappa shape index (κ2) is 6.12. The number of nitrogens with zero attached hydrogens (tertiary/aromatic N) is 1. The lowest BCUT2D eigenvalue weighted by molar-refractivity contribution is -0.153. The van der Waals surface area contributed by atoms with E-state index in [1.54, 1.807) is 0 Å². The summed E-state index contributed by atoms with van der Waals surface area (Å²) < 4.78 is 22.9. The third-order valence-corrected chi connectivity index (χ3v) is 2.49. The van der Waals surface area contributed by atoms with Gasteiger partial charge in [-0.1, -0.05) is 0 Å². The Labute approximate surface area is 94.1 Å². The molecular formula is C10H18FNO4. The van der Waals surface area contributed by atoms with Crippen molar-refractivity contribution in [1.82, 2.24) is 4.90 Å². The number of aliphatic carboxylic acids is 1. The predicted octanol–water partition coefficient (Wildman–Crippen LogP) is 0.492. The van der Waals surface area contributed by atoms with E-state index in [0.717, 1.165) is 0 Å². The van der Waals surface area contributed by atoms with Crippen LogP contribution in [-0.2, 0) is 14.3 Å². The largest absolute Gasteiger partial charge is 0.480 e. The van der Waals surface area contributed by atoms with Crippen molar-refractivity contribution >= 4 is 5.97 Å². The first-order valence-electron chi connectivity index (χ1n) is 5.31. The topological polar surface area (TPSA) is 59.0 Å². The van der Waals surface area contributed by atoms with Crippen molar-refractivity contribution < 1.29 is 23.8 Å². The fourth-order valence-electron chi connectivity index (χ4n) is 1.74. The van der Waals surface area contributed by atoms with E-state index in [1.807, 2.05) is 18.7 Å². The smallest absolute Gasteiger partial charge is 0.329 e. The Hall–Kier alpha value is -0.720. The first kappa shape index (κ1) is 13.3. The molecule has 0 aromatic heterocycles. The molecule has 1 saturated heterocycles. The Balaban J connectivity index is 2.40. The summed E-state index contributed by atoms with van der Waals surface area (Å²) in [5, 5.41) is 8.43. The van der Waals surface area contributed by atoms with Crippen LogP contribution in [0.4, 0.5) is 4.39 Å². The number of morpholine rings is 1. The van der Waals surface area contributed by atoms with Crippen LogP contribution in [0.15, 0.2) is 0 Å². The molecule has 2 atom stereocenters. The maximum absolute atomic E-state index is 13.0. The summed E-state index contributed by atoms with van der Waals surface area (Å²) >= 11 is 0. The summed E-state index contributed by atoms with van der Waals surface area (Å²) in [5.74, 6) is -1.00. The molecule has 1 aliphatic rings. The molecule has 0 saturated carbocycles. The van der Waals surface area contributed by atoms with Crippen molar-refractivity contribution in [2.24, 2.45) is 0 Å². The van der Waals surface area contributed by atoms with Crippen LogP contribution < -0.4 is 0 Å². The Morgan fingerprint density at radius 2 is 2.38 bits per heavy atom. The van der Waals surface area contributed by atoms with Gasteiger partial charge in [0.15, 0.2) is 0 Å². The van der Waals surface area contributed by atoms with Crippen molar-refractivity contribution in [3.8, 4) is 0 Å². The first-order chi connectivity index (χ1) is 7.50. The van der Waals surface area contributed by atoms with Crippen LogP contribution in [0.3, 0.4) is 0 Å². The van der Waals surface area contributed by atoms with E-state index >= 15 is 0 Å². The number of alkyl halides is 1. The normalized spacial score (nSPS) is 27.2. The van der Waals surface area contributed by atoms with Crippen LogP contribution in [0.5, 0.6) is 0 Å². The lowest BCUT2D eigenvalue weighted by Crippen LogP contribution is -2.53. The maximum Gasteiger partial charge on any atom is 0.329 e. The lowest BCUT2D eigenvalue weighted by Gasteiger charge is -2.39. The van der Waals surface area contributed by atoms with Crippen LogP contribution in [0.1, 0.15) is 13.8 Å². The molecule has 0 amide bonds. The minimum absolute atomic E-state index is 0.0775. The number of carboxylic acid groups (broad SMARTS) is 1. The molecule has 0 spiro atoms. The van der Waals surface area contributed by atoms with Gasteiger partial charge in [-0.15, -0.1) is 0 Å². The second-order valence-electron chi connectivity index (χ2n) is 4.10. The third kappa shape index (κ3) is 4.03. The van der Waals surface area contributed by atoms with Crippen molar-refractivity contribution in [3.63, 3.8) is 0 Å². The molecule has 94 valence electrons. The molecule has 0 aromatic carbocycles. The summed E-state index contributed by atoms with van der Waals surface area (Å²) in [6, 6.07) is 0.104. The predicted molar refractivity (Wildman–Crippen MR) is 54.9 cm³/mol. The summed E-state index contributed by atoms with van der Waals surface area (Å²) in [5.41, 5.74) is 0. The third-order valence-electron chi connectivity index (χ3n) is 2.49. The van der Waals surface area contributed by atoms with E-state index < -0.39 is 12.3 Å². The van der Waals surface area contributed by atoms with Gasteiger partial charge in [-0.2, -0.15) is 0 Å². The fraction of sp³-hybridized carbons (Fsp3) is 0.900. The zero-order valence-corrected chi connectivity index (χ0v) is 9.56. The van der Waals surface area contributed by atoms with E-state index in [1.165, 1.54) is 0 Å². The second-order valence-corrected chi connectivity index (χ2v) is 4.10. The fourth-order valence-corrected chi connectivity index (χ4v) is 1.74. The van der Waals surface area contributed by atoms with Gasteiger partial charge in [0.05, 0.1) is 25.8 Å². The maximum atomic E-state index is 13.0. The number of rotatable bonds is 5. The monoisotopic (exact) mass is 235 g/mol. The number of hydrogen-bond donors (Lipinski definition) is 1. The minimum atomic E-state index is -1.27. The van der Waals surface area contributed by atoms with Crippen molar-refractivity contribution in [2.75, 3.05) is 26.4 Å². The zero-order chi connectivity index (χ0) is 12.1. The highest BCUT2D eigenvalue weighted by Crippen LogP contribution is 2.16. The molecule has 1 aliphatic heterocycles. The number of carboxylic acids is 1. The number of ether oxygens (including phenoxy) is 2. The van der Waals surface area contributed by atoms with E-state index in [2.05, 4.69) is 0 Å². The van der Waals surface area contributed by atoms with Crippen molar-refractivity contribution in [3.05, 3.63) is 0 Å². The van der Waals surface area contributed by atoms with Gasteiger partial charge in [-0.05, 0) is 13.8 Å². The molecule has 0 bridgehead atoms. The Morgan fingerprint density at radius 1 is 1.69 bits per heavy atom. The molecule has 1 rings (SSSR count). The summed E-state index contributed by atoms with van der Waals surface area (Å²) in [4.78, 5) is 12.2. The molecule has 0 radical (unpaired) electrons. The van der Waals surface area contributed by atoms with Gasteiger partial charge in [0, 0.05) is 6.04 Å². The number of hydrogen-bond acceptors (Lipinski definition) is 4. The molecule has 1 heterocycles. The quantitative estimate of drug-likeness (QED) is 0.751. The van der Waals surface area contributed by atoms with E-state index in [0.29, 0.717) is 0 Å². The van der Waals surface area contributed by atoms with Gasteiger partial charge in [0.2, 0.25) is 6.36 Å². The Bertz CT molecular complexity index is 237. The van der Waals surface area contributed by atoms with Gasteiger partial charge in [-0.25, -0.2) is 9.18 Å². The summed E-state index contributed by atoms with van der Waals surface area (Å²) in [6.07, 6.45) is -1.27. The molecule has 5 nitrogen and oxygen atoms in total. The number of carbonyl (C=O) groups is 1. The lowest BCUT2D eigenvalue weighted by atomic mass is 10.2. The van der Waals surface area contributed by atoms with Gasteiger partial charge < -0.3 is 14.6 Å². The van der Waals surface area contributed by atoms with E-state index in [4.69, 9.17) is 14.6 Å². The van der Waals surface area contributed by atoms with Gasteiger partial charge in [-0.3, -0.25) is 4.90 Å². The van der Waals surface area contributed by atoms with Crippen molar-refractivity contribution in [2.45, 2.75) is 32.3 Å². The molecule has 0 aromatic rings. The van der Waals surface area contributed by atoms with Crippen LogP contribution in [0, 0.1) is 0 Å². The molecule has 16 heavy (non-hydrogen) atoms. The highest BCUT2D eigenvalue weighted by atomic mass is 19.1. The zero-order valence-electron chi connectivity index (χ0n) is 9.56. The van der Waals surface area contributed by atoms with Gasteiger partial charge in [0.25, 0.3) is 0 Å². The Morgan fingerprint density at radius 3 is 2.94 bits per heavy atom. The SMILES string of the molecule is CC(C)N1CC(F)OCC1COCC(=O)O. The van der Waals surface area contributed by atoms with Gasteiger partial charge in [0.1, 0.15) is 6.61 Å². The van der Waals surface area contributed by atoms with E-state index in [9.17, 15) is 9.18 Å². The molecule has 1 fully saturated rings. The minimum Gasteiger partial charge on any atom is -0.480 e. The highest BCUT2D eigenvalue weighted by Gasteiger charge is 2.30.